The molecule has 2 rings (SSSR count). The van der Waals surface area contributed by atoms with E-state index in [1.165, 1.54) is 12.5 Å². The Kier molecular flexibility index (Phi) is 5.17. The van der Waals surface area contributed by atoms with Gasteiger partial charge in [0, 0.05) is 18.7 Å². The van der Waals surface area contributed by atoms with E-state index in [1.54, 1.807) is 6.07 Å². The molecule has 2 atom stereocenters. The Morgan fingerprint density at radius 2 is 2.10 bits per heavy atom. The quantitative estimate of drug-likeness (QED) is 0.839. The molecule has 1 aliphatic heterocycles. The van der Waals surface area contributed by atoms with Gasteiger partial charge in [0.1, 0.15) is 12.4 Å². The maximum Gasteiger partial charge on any atom is 0.124 e. The Balaban J connectivity index is 2.07. The van der Waals surface area contributed by atoms with Gasteiger partial charge in [-0.15, -0.1) is 0 Å². The SMILES string of the molecule is CC1CCN(Cc2cc(F)cc(C#CCO)c2)CC1C. The van der Waals surface area contributed by atoms with Gasteiger partial charge < -0.3 is 5.11 Å². The standard InChI is InChI=1S/C17H22FNO/c1-13-5-6-19(11-14(13)2)12-16-8-15(4-3-7-20)9-17(18)10-16/h8-10,13-14,20H,5-7,11-12H2,1-2H3. The highest BCUT2D eigenvalue weighted by Gasteiger charge is 2.22. The number of likely N-dealkylation sites (tertiary alicyclic amines) is 1. The predicted octanol–water partition coefficient (Wildman–Crippen LogP) is 2.65. The Bertz CT molecular complexity index is 517. The van der Waals surface area contributed by atoms with Crippen LogP contribution < -0.4 is 0 Å². The van der Waals surface area contributed by atoms with E-state index >= 15 is 0 Å². The lowest BCUT2D eigenvalue weighted by Crippen LogP contribution is -2.37. The summed E-state index contributed by atoms with van der Waals surface area (Å²) < 4.78 is 13.6. The Morgan fingerprint density at radius 3 is 2.80 bits per heavy atom. The van der Waals surface area contributed by atoms with E-state index in [0.29, 0.717) is 11.5 Å². The first-order chi connectivity index (χ1) is 9.58. The molecule has 3 heteroatoms. The number of nitrogens with zero attached hydrogens (tertiary/aromatic N) is 1. The van der Waals surface area contributed by atoms with Crippen LogP contribution in [0.15, 0.2) is 18.2 Å². The fourth-order valence-electron chi connectivity index (χ4n) is 2.71. The average molecular weight is 275 g/mol. The zero-order chi connectivity index (χ0) is 14.5. The first-order valence-corrected chi connectivity index (χ1v) is 7.20. The summed E-state index contributed by atoms with van der Waals surface area (Å²) in [6, 6.07) is 4.90. The van der Waals surface area contributed by atoms with Crippen molar-refractivity contribution in [2.45, 2.75) is 26.8 Å². The van der Waals surface area contributed by atoms with E-state index in [0.717, 1.165) is 31.1 Å². The van der Waals surface area contributed by atoms with Crippen molar-refractivity contribution in [1.82, 2.24) is 4.90 Å². The first-order valence-electron chi connectivity index (χ1n) is 7.20. The van der Waals surface area contributed by atoms with E-state index in [4.69, 9.17) is 5.11 Å². The molecule has 2 unspecified atom stereocenters. The van der Waals surface area contributed by atoms with Crippen LogP contribution in [0.5, 0.6) is 0 Å². The third-order valence-corrected chi connectivity index (χ3v) is 4.09. The van der Waals surface area contributed by atoms with Crippen molar-refractivity contribution in [3.05, 3.63) is 35.1 Å². The van der Waals surface area contributed by atoms with Crippen LogP contribution in [0.1, 0.15) is 31.4 Å². The molecule has 0 bridgehead atoms. The second-order valence-electron chi connectivity index (χ2n) is 5.79. The average Bonchev–Trinajstić information content (AvgIpc) is 2.40. The zero-order valence-corrected chi connectivity index (χ0v) is 12.2. The van der Waals surface area contributed by atoms with Gasteiger partial charge in [0.2, 0.25) is 0 Å². The summed E-state index contributed by atoms with van der Waals surface area (Å²) in [5, 5.41) is 8.71. The molecule has 108 valence electrons. The van der Waals surface area contributed by atoms with Gasteiger partial charge in [0.05, 0.1) is 0 Å². The molecule has 0 spiro atoms. The highest BCUT2D eigenvalue weighted by Crippen LogP contribution is 2.24. The maximum atomic E-state index is 13.6. The second-order valence-corrected chi connectivity index (χ2v) is 5.79. The van der Waals surface area contributed by atoms with Gasteiger partial charge in [-0.3, -0.25) is 4.90 Å². The minimum atomic E-state index is -0.261. The van der Waals surface area contributed by atoms with Gasteiger partial charge >= 0.3 is 0 Å². The molecule has 1 aromatic rings. The molecule has 1 aliphatic rings. The van der Waals surface area contributed by atoms with Crippen molar-refractivity contribution >= 4 is 0 Å². The number of hydrogen-bond donors (Lipinski definition) is 1. The summed E-state index contributed by atoms with van der Waals surface area (Å²) in [4.78, 5) is 2.38. The van der Waals surface area contributed by atoms with Crippen LogP contribution >= 0.6 is 0 Å². The molecule has 0 aliphatic carbocycles. The number of aliphatic hydroxyl groups excluding tert-OH is 1. The van der Waals surface area contributed by atoms with Crippen molar-refractivity contribution in [3.63, 3.8) is 0 Å². The van der Waals surface area contributed by atoms with Crippen molar-refractivity contribution in [2.75, 3.05) is 19.7 Å². The molecule has 0 aromatic heterocycles. The smallest absolute Gasteiger partial charge is 0.124 e. The minimum Gasteiger partial charge on any atom is -0.384 e. The Morgan fingerprint density at radius 1 is 1.30 bits per heavy atom. The first kappa shape index (κ1) is 15.0. The fraction of sp³-hybridized carbons (Fsp3) is 0.529. The topological polar surface area (TPSA) is 23.5 Å². The van der Waals surface area contributed by atoms with Crippen LogP contribution in [0.4, 0.5) is 4.39 Å². The molecule has 2 nitrogen and oxygen atoms in total. The number of piperidine rings is 1. The molecule has 20 heavy (non-hydrogen) atoms. The third kappa shape index (κ3) is 4.06. The molecule has 1 saturated heterocycles. The fourth-order valence-corrected chi connectivity index (χ4v) is 2.71. The summed E-state index contributed by atoms with van der Waals surface area (Å²) >= 11 is 0. The lowest BCUT2D eigenvalue weighted by Gasteiger charge is -2.35. The summed E-state index contributed by atoms with van der Waals surface area (Å²) in [5.41, 5.74) is 1.58. The summed E-state index contributed by atoms with van der Waals surface area (Å²) in [5.74, 6) is 6.52. The van der Waals surface area contributed by atoms with Gasteiger partial charge in [-0.05, 0) is 48.6 Å². The summed E-state index contributed by atoms with van der Waals surface area (Å²) in [6.07, 6.45) is 1.20. The van der Waals surface area contributed by atoms with E-state index in [9.17, 15) is 4.39 Å². The van der Waals surface area contributed by atoms with Crippen LogP contribution in [-0.2, 0) is 6.54 Å². The van der Waals surface area contributed by atoms with Crippen LogP contribution in [0.3, 0.4) is 0 Å². The van der Waals surface area contributed by atoms with Gasteiger partial charge in [0.25, 0.3) is 0 Å². The van der Waals surface area contributed by atoms with Gasteiger partial charge in [-0.25, -0.2) is 4.39 Å². The molecule has 1 fully saturated rings. The lowest BCUT2D eigenvalue weighted by molar-refractivity contribution is 0.132. The molecule has 0 amide bonds. The molecule has 1 N–H and O–H groups in total. The van der Waals surface area contributed by atoms with Crippen LogP contribution in [-0.4, -0.2) is 29.7 Å². The highest BCUT2D eigenvalue weighted by molar-refractivity contribution is 5.37. The molecular formula is C17H22FNO. The normalized spacial score (nSPS) is 23.2. The van der Waals surface area contributed by atoms with Crippen molar-refractivity contribution in [3.8, 4) is 11.8 Å². The predicted molar refractivity (Wildman–Crippen MR) is 78.6 cm³/mol. The summed E-state index contributed by atoms with van der Waals surface area (Å²) in [7, 11) is 0. The number of rotatable bonds is 2. The van der Waals surface area contributed by atoms with Crippen molar-refractivity contribution < 1.29 is 9.50 Å². The maximum absolute atomic E-state index is 13.6. The lowest BCUT2D eigenvalue weighted by atomic mass is 9.88. The molecule has 0 radical (unpaired) electrons. The highest BCUT2D eigenvalue weighted by atomic mass is 19.1. The van der Waals surface area contributed by atoms with E-state index < -0.39 is 0 Å². The zero-order valence-electron chi connectivity index (χ0n) is 12.2. The summed E-state index contributed by atoms with van der Waals surface area (Å²) in [6.45, 7) is 7.28. The second kappa shape index (κ2) is 6.88. The van der Waals surface area contributed by atoms with Gasteiger partial charge in [-0.1, -0.05) is 25.7 Å². The number of benzene rings is 1. The number of aliphatic hydroxyl groups is 1. The third-order valence-electron chi connectivity index (χ3n) is 4.09. The van der Waals surface area contributed by atoms with Gasteiger partial charge in [-0.2, -0.15) is 0 Å². The van der Waals surface area contributed by atoms with Crippen molar-refractivity contribution in [2.24, 2.45) is 11.8 Å². The number of hydrogen-bond acceptors (Lipinski definition) is 2. The Labute approximate surface area is 120 Å². The van der Waals surface area contributed by atoms with Gasteiger partial charge in [0.15, 0.2) is 0 Å². The van der Waals surface area contributed by atoms with Crippen molar-refractivity contribution in [1.29, 1.82) is 0 Å². The van der Waals surface area contributed by atoms with E-state index in [1.807, 2.05) is 6.07 Å². The molecule has 1 heterocycles. The van der Waals surface area contributed by atoms with E-state index in [2.05, 4.69) is 30.6 Å². The van der Waals surface area contributed by atoms with Crippen LogP contribution in [0.25, 0.3) is 0 Å². The minimum absolute atomic E-state index is 0.201. The Hall–Kier alpha value is -1.37. The molecule has 0 saturated carbocycles. The van der Waals surface area contributed by atoms with Crippen LogP contribution in [0.2, 0.25) is 0 Å². The van der Waals surface area contributed by atoms with E-state index in [-0.39, 0.29) is 12.4 Å². The largest absolute Gasteiger partial charge is 0.384 e. The molecule has 1 aromatic carbocycles. The van der Waals surface area contributed by atoms with Crippen LogP contribution in [0, 0.1) is 29.5 Å². The molecular weight excluding hydrogens is 253 g/mol. The number of halogens is 1. The monoisotopic (exact) mass is 275 g/mol.